The molecule has 132 valence electrons. The minimum absolute atomic E-state index is 0.353. The minimum atomic E-state index is -0.378. The first-order chi connectivity index (χ1) is 11.6. The van der Waals surface area contributed by atoms with E-state index in [1.54, 1.807) is 0 Å². The lowest BCUT2D eigenvalue weighted by Crippen LogP contribution is -2.40. The lowest BCUT2D eigenvalue weighted by atomic mass is 9.87. The number of fused-ring (bicyclic) bond motifs is 1. The highest BCUT2D eigenvalue weighted by Gasteiger charge is 2.24. The lowest BCUT2D eigenvalue weighted by Gasteiger charge is -2.35. The lowest BCUT2D eigenvalue weighted by molar-refractivity contribution is -0.114. The van der Waals surface area contributed by atoms with Gasteiger partial charge in [0.2, 0.25) is 5.91 Å². The number of halogens is 1. The van der Waals surface area contributed by atoms with E-state index < -0.39 is 0 Å². The first-order valence-corrected chi connectivity index (χ1v) is 9.52. The van der Waals surface area contributed by atoms with Crippen molar-refractivity contribution < 1.29 is 4.79 Å². The van der Waals surface area contributed by atoms with Gasteiger partial charge in [0.05, 0.1) is 5.69 Å². The second-order valence-corrected chi connectivity index (χ2v) is 7.22. The van der Waals surface area contributed by atoms with Crippen molar-refractivity contribution in [3.05, 3.63) is 32.6 Å². The van der Waals surface area contributed by atoms with Gasteiger partial charge in [0.15, 0.2) is 6.54 Å². The zero-order valence-electron chi connectivity index (χ0n) is 14.5. The summed E-state index contributed by atoms with van der Waals surface area (Å²) in [5, 5.41) is 5.38. The van der Waals surface area contributed by atoms with Crippen molar-refractivity contribution in [3.8, 4) is 0 Å². The molecular formula is C18H26BrN3O2. The first-order valence-electron chi connectivity index (χ1n) is 8.73. The molecule has 1 aromatic rings. The molecule has 24 heavy (non-hydrogen) atoms. The van der Waals surface area contributed by atoms with Gasteiger partial charge in [-0.1, -0.05) is 19.0 Å². The number of hydrogen-bond acceptors (Lipinski definition) is 4. The number of carbonyl (C=O) groups is 1. The zero-order chi connectivity index (χ0) is 17.5. The summed E-state index contributed by atoms with van der Waals surface area (Å²) in [5.74, 6) is -0.378. The Kier molecular flexibility index (Phi) is 7.37. The molecule has 0 bridgehead atoms. The van der Waals surface area contributed by atoms with Gasteiger partial charge in [-0.3, -0.25) is 4.79 Å². The molecule has 1 N–H and O–H groups in total. The van der Waals surface area contributed by atoms with Crippen LogP contribution in [0.2, 0.25) is 0 Å². The van der Waals surface area contributed by atoms with Crippen molar-refractivity contribution >= 4 is 27.5 Å². The fraction of sp³-hybridized carbons (Fsp3) is 0.611. The van der Waals surface area contributed by atoms with Gasteiger partial charge in [-0.25, -0.2) is 0 Å². The highest BCUT2D eigenvalue weighted by Crippen LogP contribution is 2.32. The highest BCUT2D eigenvalue weighted by molar-refractivity contribution is 9.10. The Morgan fingerprint density at radius 3 is 2.62 bits per heavy atom. The van der Waals surface area contributed by atoms with Gasteiger partial charge in [-0.05, 0) is 84.4 Å². The molecule has 5 nitrogen and oxygen atoms in total. The average Bonchev–Trinajstić information content (AvgIpc) is 2.55. The van der Waals surface area contributed by atoms with Crippen LogP contribution in [0.5, 0.6) is 0 Å². The van der Waals surface area contributed by atoms with Crippen LogP contribution in [-0.2, 0) is 17.6 Å². The van der Waals surface area contributed by atoms with Crippen molar-refractivity contribution in [1.82, 2.24) is 4.90 Å². The van der Waals surface area contributed by atoms with Crippen LogP contribution in [-0.4, -0.2) is 36.5 Å². The molecule has 0 heterocycles. The molecule has 0 aliphatic heterocycles. The third-order valence-corrected chi connectivity index (χ3v) is 5.17. The van der Waals surface area contributed by atoms with Crippen LogP contribution in [0.15, 0.2) is 21.8 Å². The van der Waals surface area contributed by atoms with Crippen LogP contribution in [0.3, 0.4) is 0 Å². The normalized spacial score (nSPS) is 16.8. The van der Waals surface area contributed by atoms with Gasteiger partial charge < -0.3 is 10.2 Å². The van der Waals surface area contributed by atoms with Crippen LogP contribution in [0.1, 0.15) is 44.2 Å². The van der Waals surface area contributed by atoms with E-state index in [9.17, 15) is 9.70 Å². The molecular weight excluding hydrogens is 370 g/mol. The fourth-order valence-corrected chi connectivity index (χ4v) is 3.96. The predicted octanol–water partition coefficient (Wildman–Crippen LogP) is 4.13. The zero-order valence-corrected chi connectivity index (χ0v) is 16.1. The van der Waals surface area contributed by atoms with E-state index in [4.69, 9.17) is 0 Å². The Morgan fingerprint density at radius 2 is 2.00 bits per heavy atom. The summed E-state index contributed by atoms with van der Waals surface area (Å²) in [6, 6.07) is 4.74. The monoisotopic (exact) mass is 395 g/mol. The maximum Gasteiger partial charge on any atom is 0.249 e. The van der Waals surface area contributed by atoms with Gasteiger partial charge in [0.1, 0.15) is 0 Å². The molecule has 1 amide bonds. The molecule has 0 radical (unpaired) electrons. The van der Waals surface area contributed by atoms with Crippen LogP contribution >= 0.6 is 15.9 Å². The van der Waals surface area contributed by atoms with E-state index in [0.29, 0.717) is 6.04 Å². The molecule has 1 aliphatic carbocycles. The van der Waals surface area contributed by atoms with Crippen molar-refractivity contribution in [2.45, 2.75) is 52.0 Å². The van der Waals surface area contributed by atoms with Crippen LogP contribution in [0, 0.1) is 4.91 Å². The topological polar surface area (TPSA) is 61.8 Å². The summed E-state index contributed by atoms with van der Waals surface area (Å²) >= 11 is 3.54. The standard InChI is InChI=1S/C18H26BrN3O2/c1-3-7-22(8-4-2)15-6-5-13-11-17(21-18(23)12-20-24)16(19)10-14(13)9-15/h10-11,15H,3-9,12H2,1-2H3,(H,21,23). The third kappa shape index (κ3) is 4.86. The SMILES string of the molecule is CCCN(CCC)C1CCc2cc(NC(=O)CN=O)c(Br)cc2C1. The summed E-state index contributed by atoms with van der Waals surface area (Å²) < 4.78 is 0.860. The van der Waals surface area contributed by atoms with Crippen molar-refractivity contribution in [1.29, 1.82) is 0 Å². The van der Waals surface area contributed by atoms with E-state index in [0.717, 1.165) is 42.5 Å². The number of aryl methyl sites for hydroxylation is 1. The van der Waals surface area contributed by atoms with Gasteiger partial charge in [0, 0.05) is 10.5 Å². The molecule has 0 saturated carbocycles. The van der Waals surface area contributed by atoms with Gasteiger partial charge in [-0.15, -0.1) is 0 Å². The molecule has 1 aromatic carbocycles. The van der Waals surface area contributed by atoms with Gasteiger partial charge in [0.25, 0.3) is 0 Å². The Hall–Kier alpha value is -1.27. The minimum Gasteiger partial charge on any atom is -0.323 e. The van der Waals surface area contributed by atoms with E-state index in [-0.39, 0.29) is 12.5 Å². The van der Waals surface area contributed by atoms with Gasteiger partial charge in [-0.2, -0.15) is 4.91 Å². The maximum atomic E-state index is 11.6. The molecule has 0 aromatic heterocycles. The summed E-state index contributed by atoms with van der Waals surface area (Å²) in [7, 11) is 0. The van der Waals surface area contributed by atoms with Crippen molar-refractivity contribution in [3.63, 3.8) is 0 Å². The second-order valence-electron chi connectivity index (χ2n) is 6.37. The number of nitrogens with one attached hydrogen (secondary N) is 1. The Balaban J connectivity index is 2.13. The number of rotatable bonds is 8. The Labute approximate surface area is 152 Å². The number of amides is 1. The summed E-state index contributed by atoms with van der Waals surface area (Å²) in [5.41, 5.74) is 3.36. The second kappa shape index (κ2) is 9.28. The Bertz CT molecular complexity index is 586. The number of nitrogens with zero attached hydrogens (tertiary/aromatic N) is 2. The van der Waals surface area contributed by atoms with Crippen LogP contribution in [0.25, 0.3) is 0 Å². The molecule has 6 heteroatoms. The maximum absolute atomic E-state index is 11.6. The molecule has 0 spiro atoms. The molecule has 0 fully saturated rings. The first kappa shape index (κ1) is 19.1. The average molecular weight is 396 g/mol. The fourth-order valence-electron chi connectivity index (χ4n) is 3.47. The van der Waals surface area contributed by atoms with E-state index in [1.165, 1.54) is 24.0 Å². The Morgan fingerprint density at radius 1 is 1.29 bits per heavy atom. The molecule has 1 unspecified atom stereocenters. The van der Waals surface area contributed by atoms with E-state index >= 15 is 0 Å². The molecule has 1 atom stereocenters. The molecule has 1 aliphatic rings. The van der Waals surface area contributed by atoms with Crippen LogP contribution in [0.4, 0.5) is 5.69 Å². The van der Waals surface area contributed by atoms with E-state index in [2.05, 4.69) is 51.2 Å². The predicted molar refractivity (Wildman–Crippen MR) is 101 cm³/mol. The highest BCUT2D eigenvalue weighted by atomic mass is 79.9. The number of hydrogen-bond donors (Lipinski definition) is 1. The number of nitroso groups, excluding NO2 is 1. The van der Waals surface area contributed by atoms with Crippen molar-refractivity contribution in [2.75, 3.05) is 25.0 Å². The van der Waals surface area contributed by atoms with Crippen LogP contribution < -0.4 is 5.32 Å². The molecule has 2 rings (SSSR count). The quantitative estimate of drug-likeness (QED) is 0.672. The number of carbonyl (C=O) groups excluding carboxylic acids is 1. The largest absolute Gasteiger partial charge is 0.323 e. The number of benzene rings is 1. The number of anilines is 1. The molecule has 0 saturated heterocycles. The smallest absolute Gasteiger partial charge is 0.249 e. The third-order valence-electron chi connectivity index (χ3n) is 4.51. The van der Waals surface area contributed by atoms with Crippen molar-refractivity contribution in [2.24, 2.45) is 5.18 Å². The summed E-state index contributed by atoms with van der Waals surface area (Å²) in [6.45, 7) is 6.43. The summed E-state index contributed by atoms with van der Waals surface area (Å²) in [6.07, 6.45) is 5.59. The van der Waals surface area contributed by atoms with Gasteiger partial charge >= 0.3 is 0 Å². The summed E-state index contributed by atoms with van der Waals surface area (Å²) in [4.78, 5) is 24.4. The van der Waals surface area contributed by atoms with E-state index in [1.807, 2.05) is 6.07 Å².